The van der Waals surface area contributed by atoms with Crippen molar-refractivity contribution >= 4 is 34.5 Å². The Balaban J connectivity index is 2.50. The lowest BCUT2D eigenvalue weighted by Gasteiger charge is -2.05. The number of nitrogens with zero attached hydrogens (tertiary/aromatic N) is 1. The molecule has 1 aromatic carbocycles. The second-order valence-electron chi connectivity index (χ2n) is 3.82. The fourth-order valence-corrected chi connectivity index (χ4v) is 1.99. The average Bonchev–Trinajstić information content (AvgIpc) is 2.39. The normalized spacial score (nSPS) is 11.1. The second kappa shape index (κ2) is 5.71. The molecular weight excluding hydrogens is 266 g/mol. The third-order valence-electron chi connectivity index (χ3n) is 2.59. The number of rotatable bonds is 3. The molecule has 5 heteroatoms. The van der Waals surface area contributed by atoms with Crippen LogP contribution in [0.1, 0.15) is 12.5 Å². The molecule has 0 aliphatic heterocycles. The summed E-state index contributed by atoms with van der Waals surface area (Å²) in [4.78, 5) is 11.3. The van der Waals surface area contributed by atoms with Gasteiger partial charge in [0.1, 0.15) is 0 Å². The van der Waals surface area contributed by atoms with Crippen LogP contribution in [-0.2, 0) is 9.53 Å². The number of fused-ring (bicyclic) bond motifs is 1. The number of carbonyl (C=O) groups excluding carboxylic acids is 1. The van der Waals surface area contributed by atoms with Crippen LogP contribution in [0.25, 0.3) is 17.0 Å². The van der Waals surface area contributed by atoms with Crippen molar-refractivity contribution < 1.29 is 14.3 Å². The van der Waals surface area contributed by atoms with Gasteiger partial charge >= 0.3 is 5.97 Å². The predicted molar refractivity (Wildman–Crippen MR) is 73.6 cm³/mol. The minimum Gasteiger partial charge on any atom is -0.618 e. The summed E-state index contributed by atoms with van der Waals surface area (Å²) in [5.41, 5.74) is 1.04. The summed E-state index contributed by atoms with van der Waals surface area (Å²) in [5, 5.41) is 13.0. The molecule has 2 rings (SSSR count). The number of hydrogen-bond donors (Lipinski definition) is 0. The summed E-state index contributed by atoms with van der Waals surface area (Å²) in [6, 6.07) is 6.76. The van der Waals surface area contributed by atoms with Gasteiger partial charge in [0.2, 0.25) is 5.52 Å². The van der Waals surface area contributed by atoms with Gasteiger partial charge in [0.05, 0.1) is 17.0 Å². The van der Waals surface area contributed by atoms with E-state index >= 15 is 0 Å². The molecule has 19 heavy (non-hydrogen) atoms. The standard InChI is InChI=1S/C14H12ClNO3/c1-2-19-13(17)8-6-10-5-7-12(15)11-4-3-9-16(18)14(10)11/h3-9H,2H2,1H3/b8-6+. The first kappa shape index (κ1) is 13.4. The van der Waals surface area contributed by atoms with E-state index in [1.165, 1.54) is 12.3 Å². The Morgan fingerprint density at radius 3 is 3.00 bits per heavy atom. The Morgan fingerprint density at radius 1 is 1.47 bits per heavy atom. The molecule has 0 saturated heterocycles. The quantitative estimate of drug-likeness (QED) is 0.375. The van der Waals surface area contributed by atoms with Gasteiger partial charge in [-0.1, -0.05) is 11.6 Å². The van der Waals surface area contributed by atoms with E-state index in [9.17, 15) is 10.0 Å². The van der Waals surface area contributed by atoms with E-state index in [-0.39, 0.29) is 0 Å². The molecule has 0 saturated carbocycles. The maximum absolute atomic E-state index is 11.8. The average molecular weight is 278 g/mol. The van der Waals surface area contributed by atoms with E-state index < -0.39 is 5.97 Å². The zero-order valence-corrected chi connectivity index (χ0v) is 11.1. The van der Waals surface area contributed by atoms with Gasteiger partial charge in [-0.3, -0.25) is 0 Å². The van der Waals surface area contributed by atoms with E-state index in [4.69, 9.17) is 16.3 Å². The van der Waals surface area contributed by atoms with Crippen molar-refractivity contribution in [2.45, 2.75) is 6.92 Å². The molecular formula is C14H12ClNO3. The van der Waals surface area contributed by atoms with Gasteiger partial charge in [0.15, 0.2) is 6.20 Å². The fourth-order valence-electron chi connectivity index (χ4n) is 1.78. The van der Waals surface area contributed by atoms with Crippen LogP contribution in [0, 0.1) is 5.21 Å². The maximum Gasteiger partial charge on any atom is 0.330 e. The summed E-state index contributed by atoms with van der Waals surface area (Å²) in [6.07, 6.45) is 4.23. The minimum absolute atomic E-state index is 0.312. The molecule has 4 nitrogen and oxygen atoms in total. The van der Waals surface area contributed by atoms with Gasteiger partial charge in [-0.2, -0.15) is 4.73 Å². The SMILES string of the molecule is CCOC(=O)/C=C/c1ccc(Cl)c2ccc[n+]([O-])c12. The van der Waals surface area contributed by atoms with E-state index in [0.717, 1.165) is 4.73 Å². The number of ether oxygens (including phenoxy) is 1. The molecule has 98 valence electrons. The smallest absolute Gasteiger partial charge is 0.330 e. The molecule has 0 radical (unpaired) electrons. The van der Waals surface area contributed by atoms with Crippen molar-refractivity contribution in [1.82, 2.24) is 0 Å². The number of aromatic nitrogens is 1. The van der Waals surface area contributed by atoms with Gasteiger partial charge < -0.3 is 9.94 Å². The lowest BCUT2D eigenvalue weighted by molar-refractivity contribution is -0.577. The first-order valence-electron chi connectivity index (χ1n) is 5.78. The highest BCUT2D eigenvalue weighted by molar-refractivity contribution is 6.35. The van der Waals surface area contributed by atoms with Crippen LogP contribution < -0.4 is 4.73 Å². The Hall–Kier alpha value is -2.07. The number of benzene rings is 1. The van der Waals surface area contributed by atoms with Crippen LogP contribution in [0.3, 0.4) is 0 Å². The third-order valence-corrected chi connectivity index (χ3v) is 2.91. The van der Waals surface area contributed by atoms with Crippen molar-refractivity contribution in [3.05, 3.63) is 52.3 Å². The number of carbonyl (C=O) groups is 1. The van der Waals surface area contributed by atoms with E-state index in [1.807, 2.05) is 0 Å². The monoisotopic (exact) mass is 277 g/mol. The summed E-state index contributed by atoms with van der Waals surface area (Å²) < 4.78 is 5.52. The molecule has 0 N–H and O–H groups in total. The second-order valence-corrected chi connectivity index (χ2v) is 4.23. The molecule has 0 aliphatic carbocycles. The largest absolute Gasteiger partial charge is 0.618 e. The molecule has 0 bridgehead atoms. The number of halogens is 1. The Kier molecular flexibility index (Phi) is 4.02. The molecule has 0 atom stereocenters. The van der Waals surface area contributed by atoms with E-state index in [2.05, 4.69) is 0 Å². The highest BCUT2D eigenvalue weighted by Crippen LogP contribution is 2.24. The fraction of sp³-hybridized carbons (Fsp3) is 0.143. The zero-order valence-electron chi connectivity index (χ0n) is 10.3. The van der Waals surface area contributed by atoms with Crippen LogP contribution in [0.5, 0.6) is 0 Å². The lowest BCUT2D eigenvalue weighted by atomic mass is 10.1. The minimum atomic E-state index is -0.445. The molecule has 0 spiro atoms. The molecule has 1 heterocycles. The van der Waals surface area contributed by atoms with Crippen molar-refractivity contribution in [3.8, 4) is 0 Å². The molecule has 1 aromatic heterocycles. The van der Waals surface area contributed by atoms with Crippen LogP contribution in [0.15, 0.2) is 36.5 Å². The third kappa shape index (κ3) is 2.85. The summed E-state index contributed by atoms with van der Waals surface area (Å²) in [7, 11) is 0. The summed E-state index contributed by atoms with van der Waals surface area (Å²) >= 11 is 6.05. The number of esters is 1. The van der Waals surface area contributed by atoms with Crippen LogP contribution in [-0.4, -0.2) is 12.6 Å². The van der Waals surface area contributed by atoms with E-state index in [1.54, 1.807) is 37.3 Å². The van der Waals surface area contributed by atoms with Crippen molar-refractivity contribution in [2.24, 2.45) is 0 Å². The highest BCUT2D eigenvalue weighted by Gasteiger charge is 2.11. The number of hydrogen-bond acceptors (Lipinski definition) is 3. The van der Waals surface area contributed by atoms with Crippen LogP contribution >= 0.6 is 11.6 Å². The van der Waals surface area contributed by atoms with E-state index in [0.29, 0.717) is 28.1 Å². The van der Waals surface area contributed by atoms with Gasteiger partial charge in [0.25, 0.3) is 0 Å². The van der Waals surface area contributed by atoms with Crippen LogP contribution in [0.2, 0.25) is 5.02 Å². The lowest BCUT2D eigenvalue weighted by Crippen LogP contribution is -2.26. The molecule has 0 amide bonds. The Labute approximate surface area is 115 Å². The molecule has 0 unspecified atom stereocenters. The Morgan fingerprint density at radius 2 is 2.26 bits per heavy atom. The first-order valence-corrected chi connectivity index (χ1v) is 6.16. The zero-order chi connectivity index (χ0) is 13.8. The molecule has 0 fully saturated rings. The van der Waals surface area contributed by atoms with Crippen molar-refractivity contribution in [3.63, 3.8) is 0 Å². The highest BCUT2D eigenvalue weighted by atomic mass is 35.5. The Bertz CT molecular complexity index is 652. The summed E-state index contributed by atoms with van der Waals surface area (Å²) in [5.74, 6) is -0.445. The summed E-state index contributed by atoms with van der Waals surface area (Å²) in [6.45, 7) is 2.04. The molecule has 2 aromatic rings. The topological polar surface area (TPSA) is 53.2 Å². The van der Waals surface area contributed by atoms with Crippen LogP contribution in [0.4, 0.5) is 0 Å². The van der Waals surface area contributed by atoms with Gasteiger partial charge in [-0.15, -0.1) is 0 Å². The maximum atomic E-state index is 11.8. The van der Waals surface area contributed by atoms with Gasteiger partial charge in [0, 0.05) is 17.7 Å². The number of pyridine rings is 1. The predicted octanol–water partition coefficient (Wildman–Crippen LogP) is 2.70. The van der Waals surface area contributed by atoms with Crippen molar-refractivity contribution in [1.29, 1.82) is 0 Å². The van der Waals surface area contributed by atoms with Crippen molar-refractivity contribution in [2.75, 3.05) is 6.61 Å². The molecule has 0 aliphatic rings. The van der Waals surface area contributed by atoms with Gasteiger partial charge in [-0.05, 0) is 31.2 Å². The first-order chi connectivity index (χ1) is 9.13. The van der Waals surface area contributed by atoms with Gasteiger partial charge in [-0.25, -0.2) is 4.79 Å².